The predicted molar refractivity (Wildman–Crippen MR) is 98.9 cm³/mol. The Hall–Kier alpha value is -1.07. The number of hydrogen-bond acceptors (Lipinski definition) is 3. The van der Waals surface area contributed by atoms with Gasteiger partial charge in [0, 0.05) is 31.1 Å². The monoisotopic (exact) mass is 324 g/mol. The van der Waals surface area contributed by atoms with Crippen molar-refractivity contribution < 1.29 is 0 Å². The van der Waals surface area contributed by atoms with Crippen LogP contribution in [0.15, 0.2) is 22.5 Å². The number of aliphatic imine (C=N–C) groups is 1. The first-order valence-corrected chi connectivity index (χ1v) is 9.13. The van der Waals surface area contributed by atoms with E-state index < -0.39 is 0 Å². The van der Waals surface area contributed by atoms with Crippen LogP contribution in [-0.4, -0.2) is 51.1 Å². The van der Waals surface area contributed by atoms with Crippen molar-refractivity contribution in [1.82, 2.24) is 15.5 Å². The maximum Gasteiger partial charge on any atom is 0.191 e. The summed E-state index contributed by atoms with van der Waals surface area (Å²) in [6, 6.07) is 4.81. The lowest BCUT2D eigenvalue weighted by Crippen LogP contribution is -2.48. The molecule has 5 heteroatoms. The van der Waals surface area contributed by atoms with E-state index in [4.69, 9.17) is 0 Å². The number of likely N-dealkylation sites (N-methyl/N-ethyl adjacent to an activating group) is 1. The fourth-order valence-electron chi connectivity index (χ4n) is 2.78. The van der Waals surface area contributed by atoms with Crippen molar-refractivity contribution >= 4 is 17.3 Å². The van der Waals surface area contributed by atoms with Gasteiger partial charge < -0.3 is 15.5 Å². The summed E-state index contributed by atoms with van der Waals surface area (Å²) in [4.78, 5) is 8.06. The van der Waals surface area contributed by atoms with E-state index in [1.54, 1.807) is 0 Å². The summed E-state index contributed by atoms with van der Waals surface area (Å²) in [6.45, 7) is 6.40. The summed E-state index contributed by atoms with van der Waals surface area (Å²) in [5, 5.41) is 9.01. The molecule has 0 amide bonds. The zero-order chi connectivity index (χ0) is 16.4. The van der Waals surface area contributed by atoms with Crippen molar-refractivity contribution in [1.29, 1.82) is 0 Å². The Kier molecular flexibility index (Phi) is 9.16. The molecule has 0 fully saturated rings. The Morgan fingerprint density at radius 3 is 2.50 bits per heavy atom. The molecule has 1 unspecified atom stereocenters. The Balaban J connectivity index is 2.40. The summed E-state index contributed by atoms with van der Waals surface area (Å²) in [5.41, 5.74) is 0. The molecule has 0 saturated carbocycles. The minimum atomic E-state index is 0.533. The first kappa shape index (κ1) is 19.0. The van der Waals surface area contributed by atoms with Gasteiger partial charge in [-0.05, 0) is 37.9 Å². The van der Waals surface area contributed by atoms with E-state index in [9.17, 15) is 0 Å². The molecule has 4 nitrogen and oxygen atoms in total. The van der Waals surface area contributed by atoms with E-state index >= 15 is 0 Å². The molecule has 1 rings (SSSR count). The van der Waals surface area contributed by atoms with Gasteiger partial charge in [-0.1, -0.05) is 32.8 Å². The van der Waals surface area contributed by atoms with E-state index in [0.29, 0.717) is 12.0 Å². The van der Waals surface area contributed by atoms with Gasteiger partial charge in [0.25, 0.3) is 0 Å². The third-order valence-corrected chi connectivity index (χ3v) is 5.14. The molecule has 22 heavy (non-hydrogen) atoms. The minimum Gasteiger partial charge on any atom is -0.356 e. The standard InChI is InChI=1S/C17H32N4S/c1-6-14(7-2)16(21(4)5)13-20-17(18-3)19-11-10-15-9-8-12-22-15/h8-9,12,14,16H,6-7,10-11,13H2,1-5H3,(H2,18,19,20). The van der Waals surface area contributed by atoms with Crippen LogP contribution in [0.4, 0.5) is 0 Å². The third-order valence-electron chi connectivity index (χ3n) is 4.20. The van der Waals surface area contributed by atoms with Crippen LogP contribution in [0.2, 0.25) is 0 Å². The quantitative estimate of drug-likeness (QED) is 0.542. The summed E-state index contributed by atoms with van der Waals surface area (Å²) in [7, 11) is 6.16. The summed E-state index contributed by atoms with van der Waals surface area (Å²) in [5.74, 6) is 1.61. The maximum absolute atomic E-state index is 4.33. The fraction of sp³-hybridized carbons (Fsp3) is 0.706. The van der Waals surface area contributed by atoms with Gasteiger partial charge >= 0.3 is 0 Å². The third kappa shape index (κ3) is 6.36. The number of hydrogen-bond donors (Lipinski definition) is 2. The molecule has 0 spiro atoms. The molecular weight excluding hydrogens is 292 g/mol. The summed E-state index contributed by atoms with van der Waals surface area (Å²) in [6.07, 6.45) is 3.47. The van der Waals surface area contributed by atoms with E-state index in [0.717, 1.165) is 25.5 Å². The minimum absolute atomic E-state index is 0.533. The van der Waals surface area contributed by atoms with Gasteiger partial charge in [0.2, 0.25) is 0 Å². The maximum atomic E-state index is 4.33. The van der Waals surface area contributed by atoms with Gasteiger partial charge in [-0.25, -0.2) is 0 Å². The first-order valence-electron chi connectivity index (χ1n) is 8.25. The molecule has 1 heterocycles. The highest BCUT2D eigenvalue weighted by molar-refractivity contribution is 7.09. The van der Waals surface area contributed by atoms with E-state index in [1.165, 1.54) is 17.7 Å². The smallest absolute Gasteiger partial charge is 0.191 e. The second-order valence-corrected chi connectivity index (χ2v) is 6.85. The van der Waals surface area contributed by atoms with Gasteiger partial charge in [0.1, 0.15) is 0 Å². The van der Waals surface area contributed by atoms with Crippen molar-refractivity contribution in [3.05, 3.63) is 22.4 Å². The Morgan fingerprint density at radius 1 is 1.27 bits per heavy atom. The van der Waals surface area contributed by atoms with Crippen LogP contribution in [0, 0.1) is 5.92 Å². The van der Waals surface area contributed by atoms with E-state index in [2.05, 4.69) is 66.0 Å². The SMILES string of the molecule is CCC(CC)C(CNC(=NC)NCCc1cccs1)N(C)C. The van der Waals surface area contributed by atoms with Gasteiger partial charge in [-0.15, -0.1) is 11.3 Å². The number of guanidine groups is 1. The van der Waals surface area contributed by atoms with Crippen molar-refractivity contribution in [2.24, 2.45) is 10.9 Å². The average molecular weight is 325 g/mol. The molecule has 0 aliphatic rings. The van der Waals surface area contributed by atoms with Crippen LogP contribution in [0.1, 0.15) is 31.6 Å². The van der Waals surface area contributed by atoms with Crippen LogP contribution in [-0.2, 0) is 6.42 Å². The summed E-state index contributed by atoms with van der Waals surface area (Å²) < 4.78 is 0. The molecule has 0 aromatic carbocycles. The van der Waals surface area contributed by atoms with Crippen LogP contribution >= 0.6 is 11.3 Å². The molecular formula is C17H32N4S. The summed E-state index contributed by atoms with van der Waals surface area (Å²) >= 11 is 1.81. The predicted octanol–water partition coefficient (Wildman–Crippen LogP) is 2.82. The van der Waals surface area contributed by atoms with Gasteiger partial charge in [-0.3, -0.25) is 4.99 Å². The van der Waals surface area contributed by atoms with Gasteiger partial charge in [0.05, 0.1) is 0 Å². The van der Waals surface area contributed by atoms with Crippen LogP contribution in [0.25, 0.3) is 0 Å². The topological polar surface area (TPSA) is 39.7 Å². The lowest BCUT2D eigenvalue weighted by Gasteiger charge is -2.32. The molecule has 0 saturated heterocycles. The molecule has 126 valence electrons. The number of thiophene rings is 1. The normalized spacial score (nSPS) is 13.7. The Labute approximate surface area is 140 Å². The molecule has 0 aliphatic carbocycles. The average Bonchev–Trinajstić information content (AvgIpc) is 3.02. The van der Waals surface area contributed by atoms with E-state index in [1.807, 2.05) is 18.4 Å². The van der Waals surface area contributed by atoms with Crippen molar-refractivity contribution in [2.45, 2.75) is 39.2 Å². The van der Waals surface area contributed by atoms with Crippen molar-refractivity contribution in [3.8, 4) is 0 Å². The fourth-order valence-corrected chi connectivity index (χ4v) is 3.49. The second-order valence-electron chi connectivity index (χ2n) is 5.82. The molecule has 2 N–H and O–H groups in total. The Bertz CT molecular complexity index is 410. The van der Waals surface area contributed by atoms with Crippen molar-refractivity contribution in [2.75, 3.05) is 34.2 Å². The van der Waals surface area contributed by atoms with Crippen molar-refractivity contribution in [3.63, 3.8) is 0 Å². The highest BCUT2D eigenvalue weighted by atomic mass is 32.1. The number of nitrogens with zero attached hydrogens (tertiary/aromatic N) is 2. The molecule has 0 bridgehead atoms. The van der Waals surface area contributed by atoms with Gasteiger partial charge in [-0.2, -0.15) is 0 Å². The lowest BCUT2D eigenvalue weighted by atomic mass is 9.93. The second kappa shape index (κ2) is 10.6. The zero-order valence-corrected chi connectivity index (χ0v) is 15.5. The van der Waals surface area contributed by atoms with Crippen LogP contribution in [0.3, 0.4) is 0 Å². The molecule has 0 radical (unpaired) electrons. The molecule has 1 atom stereocenters. The molecule has 0 aliphatic heterocycles. The lowest BCUT2D eigenvalue weighted by molar-refractivity contribution is 0.200. The highest BCUT2D eigenvalue weighted by Gasteiger charge is 2.20. The molecule has 1 aromatic rings. The zero-order valence-electron chi connectivity index (χ0n) is 14.7. The first-order chi connectivity index (χ1) is 10.6. The largest absolute Gasteiger partial charge is 0.356 e. The molecule has 1 aromatic heterocycles. The number of nitrogens with one attached hydrogen (secondary N) is 2. The Morgan fingerprint density at radius 2 is 2.00 bits per heavy atom. The highest BCUT2D eigenvalue weighted by Crippen LogP contribution is 2.16. The van der Waals surface area contributed by atoms with Crippen LogP contribution < -0.4 is 10.6 Å². The van der Waals surface area contributed by atoms with Gasteiger partial charge in [0.15, 0.2) is 5.96 Å². The number of rotatable bonds is 9. The van der Waals surface area contributed by atoms with Crippen LogP contribution in [0.5, 0.6) is 0 Å². The van der Waals surface area contributed by atoms with E-state index in [-0.39, 0.29) is 0 Å².